The van der Waals surface area contributed by atoms with Gasteiger partial charge in [0.25, 0.3) is 0 Å². The minimum Gasteiger partial charge on any atom is -0.340 e. The highest BCUT2D eigenvalue weighted by Gasteiger charge is 2.09. The molecule has 0 aliphatic carbocycles. The van der Waals surface area contributed by atoms with Gasteiger partial charge in [0.1, 0.15) is 0 Å². The Morgan fingerprint density at radius 1 is 0.643 bits per heavy atom. The fourth-order valence-electron chi connectivity index (χ4n) is 4.22. The molecule has 28 heavy (non-hydrogen) atoms. The number of hydrogen-bond acceptors (Lipinski definition) is 1. The van der Waals surface area contributed by atoms with Crippen LogP contribution in [0.2, 0.25) is 0 Å². The molecule has 0 unspecified atom stereocenters. The number of unbranched alkanes of at least 4 members (excludes halogenated alkanes) is 3. The van der Waals surface area contributed by atoms with Gasteiger partial charge in [-0.15, -0.1) is 0 Å². The zero-order valence-corrected chi connectivity index (χ0v) is 16.8. The van der Waals surface area contributed by atoms with Crippen LogP contribution in [0.25, 0.3) is 21.8 Å². The van der Waals surface area contributed by atoms with Crippen LogP contribution in [-0.4, -0.2) is 23.1 Å². The van der Waals surface area contributed by atoms with Crippen molar-refractivity contribution in [1.82, 2.24) is 9.47 Å². The normalized spacial score (nSPS) is 11.6. The molecule has 0 aliphatic rings. The number of benzene rings is 3. The Morgan fingerprint density at radius 2 is 1.21 bits per heavy atom. The summed E-state index contributed by atoms with van der Waals surface area (Å²) < 4.78 is 2.51. The first kappa shape index (κ1) is 18.8. The molecule has 4 aromatic rings. The van der Waals surface area contributed by atoms with E-state index in [2.05, 4.69) is 95.4 Å². The van der Waals surface area contributed by atoms with E-state index in [0.717, 1.165) is 13.1 Å². The summed E-state index contributed by atoms with van der Waals surface area (Å²) in [5.74, 6) is 0. The maximum Gasteiger partial charge on any atom is 0.0491 e. The summed E-state index contributed by atoms with van der Waals surface area (Å²) in [5.41, 5.74) is 4.13. The summed E-state index contributed by atoms with van der Waals surface area (Å²) in [4.78, 5) is 2.43. The lowest BCUT2D eigenvalue weighted by atomic mass is 10.1. The summed E-state index contributed by atoms with van der Waals surface area (Å²) in [6.45, 7) is 3.32. The standard InChI is InChI=1S/C26H30N2/c1-27(21-22-13-5-4-6-14-22)19-11-2-3-12-20-28-25-17-9-7-15-23(25)24-16-8-10-18-26(24)28/h4-10,13-18H,2-3,11-12,19-21H2,1H3. The number of rotatable bonds is 9. The van der Waals surface area contributed by atoms with Crippen LogP contribution in [0, 0.1) is 0 Å². The van der Waals surface area contributed by atoms with Crippen LogP contribution in [-0.2, 0) is 13.1 Å². The summed E-state index contributed by atoms with van der Waals surface area (Å²) >= 11 is 0. The second-order valence-corrected chi connectivity index (χ2v) is 7.82. The van der Waals surface area contributed by atoms with Gasteiger partial charge in [-0.25, -0.2) is 0 Å². The molecule has 0 atom stereocenters. The highest BCUT2D eigenvalue weighted by Crippen LogP contribution is 2.29. The van der Waals surface area contributed by atoms with Gasteiger partial charge in [0.05, 0.1) is 0 Å². The Labute approximate surface area is 168 Å². The van der Waals surface area contributed by atoms with Crippen LogP contribution in [0.3, 0.4) is 0 Å². The minimum atomic E-state index is 1.04. The minimum absolute atomic E-state index is 1.04. The zero-order chi connectivity index (χ0) is 19.2. The number of aryl methyl sites for hydroxylation is 1. The van der Waals surface area contributed by atoms with Crippen LogP contribution in [0.5, 0.6) is 0 Å². The molecule has 1 heterocycles. The first-order valence-corrected chi connectivity index (χ1v) is 10.5. The van der Waals surface area contributed by atoms with E-state index in [4.69, 9.17) is 0 Å². The lowest BCUT2D eigenvalue weighted by molar-refractivity contribution is 0.316. The number of nitrogens with zero attached hydrogens (tertiary/aromatic N) is 2. The van der Waals surface area contributed by atoms with E-state index < -0.39 is 0 Å². The van der Waals surface area contributed by atoms with Gasteiger partial charge in [-0.05, 0) is 44.1 Å². The number of aromatic nitrogens is 1. The van der Waals surface area contributed by atoms with Crippen molar-refractivity contribution in [1.29, 1.82) is 0 Å². The van der Waals surface area contributed by atoms with Crippen molar-refractivity contribution >= 4 is 21.8 Å². The van der Waals surface area contributed by atoms with Crippen molar-refractivity contribution in [2.75, 3.05) is 13.6 Å². The van der Waals surface area contributed by atoms with Gasteiger partial charge in [0.15, 0.2) is 0 Å². The van der Waals surface area contributed by atoms with E-state index in [1.54, 1.807) is 0 Å². The van der Waals surface area contributed by atoms with Crippen molar-refractivity contribution in [2.45, 2.75) is 38.8 Å². The largest absolute Gasteiger partial charge is 0.340 e. The average Bonchev–Trinajstić information content (AvgIpc) is 3.05. The van der Waals surface area contributed by atoms with Crippen molar-refractivity contribution < 1.29 is 0 Å². The van der Waals surface area contributed by atoms with Crippen molar-refractivity contribution in [3.05, 3.63) is 84.4 Å². The third-order valence-electron chi connectivity index (χ3n) is 5.65. The van der Waals surface area contributed by atoms with Gasteiger partial charge in [-0.1, -0.05) is 79.6 Å². The molecule has 0 radical (unpaired) electrons. The first-order chi connectivity index (χ1) is 13.8. The smallest absolute Gasteiger partial charge is 0.0491 e. The Balaban J connectivity index is 1.26. The van der Waals surface area contributed by atoms with Crippen LogP contribution >= 0.6 is 0 Å². The predicted octanol–water partition coefficient (Wildman–Crippen LogP) is 6.49. The first-order valence-electron chi connectivity index (χ1n) is 10.5. The van der Waals surface area contributed by atoms with Gasteiger partial charge in [0.2, 0.25) is 0 Å². The summed E-state index contributed by atoms with van der Waals surface area (Å²) in [7, 11) is 2.23. The van der Waals surface area contributed by atoms with Crippen molar-refractivity contribution in [3.8, 4) is 0 Å². The molecule has 0 bridgehead atoms. The third kappa shape index (κ3) is 4.28. The van der Waals surface area contributed by atoms with Crippen LogP contribution in [0.1, 0.15) is 31.2 Å². The van der Waals surface area contributed by atoms with Crippen LogP contribution in [0.4, 0.5) is 0 Å². The molecule has 2 nitrogen and oxygen atoms in total. The monoisotopic (exact) mass is 370 g/mol. The van der Waals surface area contributed by atoms with Gasteiger partial charge in [-0.2, -0.15) is 0 Å². The molecule has 0 fully saturated rings. The second kappa shape index (κ2) is 9.07. The Hall–Kier alpha value is -2.58. The molecule has 0 aliphatic heterocycles. The quantitative estimate of drug-likeness (QED) is 0.306. The molecular formula is C26H30N2. The molecule has 2 heteroatoms. The number of fused-ring (bicyclic) bond motifs is 3. The molecule has 0 amide bonds. The molecule has 4 rings (SSSR count). The maximum atomic E-state index is 2.51. The molecule has 3 aromatic carbocycles. The van der Waals surface area contributed by atoms with E-state index in [9.17, 15) is 0 Å². The van der Waals surface area contributed by atoms with E-state index in [1.165, 1.54) is 59.6 Å². The van der Waals surface area contributed by atoms with Gasteiger partial charge in [0, 0.05) is 34.9 Å². The molecule has 144 valence electrons. The fraction of sp³-hybridized carbons (Fsp3) is 0.308. The summed E-state index contributed by atoms with van der Waals surface area (Å²) in [6, 6.07) is 28.4. The second-order valence-electron chi connectivity index (χ2n) is 7.82. The highest BCUT2D eigenvalue weighted by atomic mass is 15.1. The van der Waals surface area contributed by atoms with Gasteiger partial charge < -0.3 is 9.47 Å². The lowest BCUT2D eigenvalue weighted by Crippen LogP contribution is -2.18. The Morgan fingerprint density at radius 3 is 1.89 bits per heavy atom. The maximum absolute atomic E-state index is 2.51. The molecule has 0 spiro atoms. The number of hydrogen-bond donors (Lipinski definition) is 0. The topological polar surface area (TPSA) is 8.17 Å². The van der Waals surface area contributed by atoms with E-state index in [0.29, 0.717) is 0 Å². The third-order valence-corrected chi connectivity index (χ3v) is 5.65. The SMILES string of the molecule is CN(CCCCCCn1c2ccccc2c2ccccc21)Cc1ccccc1. The fourth-order valence-corrected chi connectivity index (χ4v) is 4.22. The van der Waals surface area contributed by atoms with Crippen molar-refractivity contribution in [3.63, 3.8) is 0 Å². The van der Waals surface area contributed by atoms with Crippen LogP contribution in [0.15, 0.2) is 78.9 Å². The molecular weight excluding hydrogens is 340 g/mol. The molecule has 0 saturated carbocycles. The molecule has 0 saturated heterocycles. The van der Waals surface area contributed by atoms with Crippen LogP contribution < -0.4 is 0 Å². The molecule has 0 N–H and O–H groups in total. The lowest BCUT2D eigenvalue weighted by Gasteiger charge is -2.16. The molecule has 1 aromatic heterocycles. The zero-order valence-electron chi connectivity index (χ0n) is 16.8. The highest BCUT2D eigenvalue weighted by molar-refractivity contribution is 6.07. The Kier molecular flexibility index (Phi) is 6.08. The van der Waals surface area contributed by atoms with Gasteiger partial charge >= 0.3 is 0 Å². The van der Waals surface area contributed by atoms with Crippen molar-refractivity contribution in [2.24, 2.45) is 0 Å². The predicted molar refractivity (Wildman–Crippen MR) is 121 cm³/mol. The Bertz CT molecular complexity index is 963. The number of para-hydroxylation sites is 2. The van der Waals surface area contributed by atoms with E-state index >= 15 is 0 Å². The summed E-state index contributed by atoms with van der Waals surface area (Å²) in [6.07, 6.45) is 5.11. The van der Waals surface area contributed by atoms with E-state index in [1.807, 2.05) is 0 Å². The van der Waals surface area contributed by atoms with E-state index in [-0.39, 0.29) is 0 Å². The summed E-state index contributed by atoms with van der Waals surface area (Å²) in [5, 5.41) is 2.75. The van der Waals surface area contributed by atoms with Gasteiger partial charge in [-0.3, -0.25) is 0 Å². The average molecular weight is 371 g/mol.